The van der Waals surface area contributed by atoms with Crippen molar-refractivity contribution in [3.8, 4) is 5.88 Å². The van der Waals surface area contributed by atoms with Crippen LogP contribution >= 0.6 is 0 Å². The molecule has 1 atom stereocenters. The molecule has 0 bridgehead atoms. The lowest BCUT2D eigenvalue weighted by Gasteiger charge is -2.16. The molecular weight excluding hydrogens is 208 g/mol. The Kier molecular flexibility index (Phi) is 4.57. The molecule has 1 heterocycles. The van der Waals surface area contributed by atoms with Crippen LogP contribution < -0.4 is 10.1 Å². The second-order valence-corrected chi connectivity index (χ2v) is 3.43. The van der Waals surface area contributed by atoms with Gasteiger partial charge in [-0.15, -0.1) is 0 Å². The number of nitrogens with one attached hydrogen (secondary N) is 1. The summed E-state index contributed by atoms with van der Waals surface area (Å²) in [4.78, 5) is 14.6. The molecule has 5 nitrogen and oxygen atoms in total. The van der Waals surface area contributed by atoms with Gasteiger partial charge >= 0.3 is 5.97 Å². The summed E-state index contributed by atoms with van der Waals surface area (Å²) in [5.41, 5.74) is 0.819. The fraction of sp³-hybridized carbons (Fsp3) is 0.455. The van der Waals surface area contributed by atoms with E-state index >= 15 is 0 Å². The van der Waals surface area contributed by atoms with E-state index in [0.29, 0.717) is 5.88 Å². The van der Waals surface area contributed by atoms with Gasteiger partial charge in [-0.2, -0.15) is 0 Å². The molecule has 5 heteroatoms. The van der Waals surface area contributed by atoms with Crippen molar-refractivity contribution in [2.45, 2.75) is 25.8 Å². The highest BCUT2D eigenvalue weighted by molar-refractivity contribution is 5.68. The average Bonchev–Trinajstić information content (AvgIpc) is 2.28. The first-order chi connectivity index (χ1) is 7.65. The predicted octanol–water partition coefficient (Wildman–Crippen LogP) is 1.76. The van der Waals surface area contributed by atoms with Crippen LogP contribution in [-0.2, 0) is 4.79 Å². The number of carbonyl (C=O) groups is 1. The molecule has 1 unspecified atom stereocenters. The first kappa shape index (κ1) is 12.3. The smallest absolute Gasteiger partial charge is 0.305 e. The summed E-state index contributed by atoms with van der Waals surface area (Å²) >= 11 is 0. The van der Waals surface area contributed by atoms with Gasteiger partial charge in [0, 0.05) is 24.0 Å². The minimum Gasteiger partial charge on any atom is -0.481 e. The van der Waals surface area contributed by atoms with Crippen LogP contribution in [-0.4, -0.2) is 29.2 Å². The number of pyridine rings is 1. The molecule has 1 aromatic rings. The van der Waals surface area contributed by atoms with Crippen molar-refractivity contribution in [2.24, 2.45) is 0 Å². The lowest BCUT2D eigenvalue weighted by atomic mass is 10.1. The molecule has 0 radical (unpaired) electrons. The molecule has 0 aliphatic rings. The van der Waals surface area contributed by atoms with Crippen molar-refractivity contribution in [3.63, 3.8) is 0 Å². The van der Waals surface area contributed by atoms with Crippen molar-refractivity contribution < 1.29 is 14.6 Å². The van der Waals surface area contributed by atoms with E-state index in [1.54, 1.807) is 25.4 Å². The van der Waals surface area contributed by atoms with Crippen LogP contribution in [0.5, 0.6) is 5.88 Å². The third-order valence-electron chi connectivity index (χ3n) is 2.23. The van der Waals surface area contributed by atoms with Crippen molar-refractivity contribution in [2.75, 3.05) is 12.4 Å². The Balaban J connectivity index is 2.65. The standard InChI is InChI=1S/C11H16N2O3/c1-3-8(7-11(14)15)13-9-4-5-12-10(6-9)16-2/h4-6,8H,3,7H2,1-2H3,(H,12,13)(H,14,15). The second kappa shape index (κ2) is 5.95. The Morgan fingerprint density at radius 3 is 3.00 bits per heavy atom. The summed E-state index contributed by atoms with van der Waals surface area (Å²) in [5.74, 6) is -0.296. The van der Waals surface area contributed by atoms with Gasteiger partial charge in [-0.05, 0) is 12.5 Å². The number of aliphatic carboxylic acids is 1. The van der Waals surface area contributed by atoms with E-state index in [-0.39, 0.29) is 12.5 Å². The number of anilines is 1. The van der Waals surface area contributed by atoms with E-state index in [1.165, 1.54) is 0 Å². The maximum atomic E-state index is 10.6. The Labute approximate surface area is 94.5 Å². The monoisotopic (exact) mass is 224 g/mol. The third kappa shape index (κ3) is 3.76. The number of methoxy groups -OCH3 is 1. The Morgan fingerprint density at radius 1 is 1.69 bits per heavy atom. The largest absolute Gasteiger partial charge is 0.481 e. The number of aromatic nitrogens is 1. The highest BCUT2D eigenvalue weighted by Crippen LogP contribution is 2.16. The quantitative estimate of drug-likeness (QED) is 0.770. The second-order valence-electron chi connectivity index (χ2n) is 3.43. The molecule has 0 aliphatic heterocycles. The summed E-state index contributed by atoms with van der Waals surface area (Å²) in [7, 11) is 1.54. The number of ether oxygens (including phenoxy) is 1. The highest BCUT2D eigenvalue weighted by atomic mass is 16.5. The van der Waals surface area contributed by atoms with E-state index in [9.17, 15) is 4.79 Å². The summed E-state index contributed by atoms with van der Waals surface area (Å²) in [6, 6.07) is 3.45. The zero-order valence-electron chi connectivity index (χ0n) is 9.43. The van der Waals surface area contributed by atoms with Gasteiger partial charge in [0.1, 0.15) is 0 Å². The van der Waals surface area contributed by atoms with Crippen molar-refractivity contribution in [3.05, 3.63) is 18.3 Å². The summed E-state index contributed by atoms with van der Waals surface area (Å²) in [6.07, 6.45) is 2.47. The Morgan fingerprint density at radius 2 is 2.44 bits per heavy atom. The van der Waals surface area contributed by atoms with E-state index < -0.39 is 5.97 Å². The van der Waals surface area contributed by atoms with Gasteiger partial charge in [-0.3, -0.25) is 4.79 Å². The van der Waals surface area contributed by atoms with Gasteiger partial charge in [0.25, 0.3) is 0 Å². The van der Waals surface area contributed by atoms with Gasteiger partial charge in [-0.1, -0.05) is 6.92 Å². The first-order valence-corrected chi connectivity index (χ1v) is 5.14. The van der Waals surface area contributed by atoms with E-state index in [1.807, 2.05) is 6.92 Å². The van der Waals surface area contributed by atoms with Crippen LogP contribution in [0.4, 0.5) is 5.69 Å². The third-order valence-corrected chi connectivity index (χ3v) is 2.23. The van der Waals surface area contributed by atoms with Gasteiger partial charge in [-0.25, -0.2) is 4.98 Å². The minimum atomic E-state index is -0.805. The molecular formula is C11H16N2O3. The lowest BCUT2D eigenvalue weighted by molar-refractivity contribution is -0.137. The Hall–Kier alpha value is -1.78. The van der Waals surface area contributed by atoms with E-state index in [0.717, 1.165) is 12.1 Å². The molecule has 0 spiro atoms. The average molecular weight is 224 g/mol. The van der Waals surface area contributed by atoms with Crippen LogP contribution in [0.25, 0.3) is 0 Å². The lowest BCUT2D eigenvalue weighted by Crippen LogP contribution is -2.22. The van der Waals surface area contributed by atoms with Gasteiger partial charge in [0.2, 0.25) is 5.88 Å². The molecule has 16 heavy (non-hydrogen) atoms. The van der Waals surface area contributed by atoms with Crippen molar-refractivity contribution in [1.82, 2.24) is 4.98 Å². The number of nitrogens with zero attached hydrogens (tertiary/aromatic N) is 1. The molecule has 0 aliphatic carbocycles. The first-order valence-electron chi connectivity index (χ1n) is 5.14. The maximum absolute atomic E-state index is 10.6. The number of hydrogen-bond donors (Lipinski definition) is 2. The van der Waals surface area contributed by atoms with Crippen LogP contribution in [0.15, 0.2) is 18.3 Å². The molecule has 0 saturated heterocycles. The van der Waals surface area contributed by atoms with Crippen molar-refractivity contribution in [1.29, 1.82) is 0 Å². The van der Waals surface area contributed by atoms with E-state index in [2.05, 4.69) is 10.3 Å². The minimum absolute atomic E-state index is 0.0791. The summed E-state index contributed by atoms with van der Waals surface area (Å²) in [6.45, 7) is 1.94. The van der Waals surface area contributed by atoms with Crippen molar-refractivity contribution >= 4 is 11.7 Å². The fourth-order valence-electron chi connectivity index (χ4n) is 1.35. The number of carboxylic acids is 1. The molecule has 0 aromatic carbocycles. The zero-order valence-corrected chi connectivity index (χ0v) is 9.43. The SMILES string of the molecule is CCC(CC(=O)O)Nc1ccnc(OC)c1. The maximum Gasteiger partial charge on any atom is 0.305 e. The molecule has 0 saturated carbocycles. The molecule has 0 fully saturated rings. The molecule has 1 aromatic heterocycles. The topological polar surface area (TPSA) is 71.5 Å². The normalized spacial score (nSPS) is 11.9. The zero-order chi connectivity index (χ0) is 12.0. The number of carboxylic acid groups (broad SMARTS) is 1. The van der Waals surface area contributed by atoms with Crippen LogP contribution in [0.3, 0.4) is 0 Å². The number of rotatable bonds is 6. The number of hydrogen-bond acceptors (Lipinski definition) is 4. The van der Waals surface area contributed by atoms with Crippen LogP contribution in [0.1, 0.15) is 19.8 Å². The van der Waals surface area contributed by atoms with Crippen LogP contribution in [0, 0.1) is 0 Å². The molecule has 1 rings (SSSR count). The fourth-order valence-corrected chi connectivity index (χ4v) is 1.35. The summed E-state index contributed by atoms with van der Waals surface area (Å²) in [5, 5.41) is 11.9. The molecule has 88 valence electrons. The summed E-state index contributed by atoms with van der Waals surface area (Å²) < 4.78 is 4.98. The van der Waals surface area contributed by atoms with Gasteiger partial charge in [0.05, 0.1) is 13.5 Å². The predicted molar refractivity (Wildman–Crippen MR) is 60.7 cm³/mol. The van der Waals surface area contributed by atoms with Crippen LogP contribution in [0.2, 0.25) is 0 Å². The highest BCUT2D eigenvalue weighted by Gasteiger charge is 2.10. The van der Waals surface area contributed by atoms with Gasteiger partial charge in [0.15, 0.2) is 0 Å². The molecule has 0 amide bonds. The Bertz CT molecular complexity index is 355. The molecule has 2 N–H and O–H groups in total. The van der Waals surface area contributed by atoms with E-state index in [4.69, 9.17) is 9.84 Å². The van der Waals surface area contributed by atoms with Gasteiger partial charge < -0.3 is 15.2 Å².